The van der Waals surface area contributed by atoms with Crippen molar-refractivity contribution in [2.45, 2.75) is 106 Å². The highest BCUT2D eigenvalue weighted by molar-refractivity contribution is 7.80. The number of aromatic carboxylic acids is 1. The minimum absolute atomic E-state index is 0.0228. The fraction of sp³-hybridized carbons (Fsp3) is 0.259. The first-order valence-corrected chi connectivity index (χ1v) is 32.6. The summed E-state index contributed by atoms with van der Waals surface area (Å²) in [5.74, 6) is 2.30. The molecule has 4 aliphatic rings. The Morgan fingerprint density at radius 1 is 0.737 bits per heavy atom. The zero-order valence-electron chi connectivity index (χ0n) is 56.5. The molecular formula is C81H84N5O8S+. The number of anilines is 3. The number of aryl methyl sites for hydroxylation is 2. The summed E-state index contributed by atoms with van der Waals surface area (Å²) in [7, 11) is 4.21. The van der Waals surface area contributed by atoms with Crippen molar-refractivity contribution in [2.75, 3.05) is 48.9 Å². The number of nitrogens with one attached hydrogen (secondary N) is 1. The van der Waals surface area contributed by atoms with E-state index in [1.54, 1.807) is 50.2 Å². The van der Waals surface area contributed by atoms with Crippen LogP contribution in [0.1, 0.15) is 125 Å². The monoisotopic (exact) mass is 1290 g/mol. The summed E-state index contributed by atoms with van der Waals surface area (Å²) in [6, 6.07) is 42.6. The fourth-order valence-electron chi connectivity index (χ4n) is 12.8. The van der Waals surface area contributed by atoms with Crippen LogP contribution in [0.3, 0.4) is 0 Å². The van der Waals surface area contributed by atoms with Crippen molar-refractivity contribution in [3.8, 4) is 34.5 Å². The number of aromatic hydroxyl groups is 1. The second-order valence-electron chi connectivity index (χ2n) is 25.9. The van der Waals surface area contributed by atoms with Crippen LogP contribution in [0, 0.1) is 13.8 Å². The fourth-order valence-corrected chi connectivity index (χ4v) is 13.0. The third-order valence-electron chi connectivity index (χ3n) is 17.9. The van der Waals surface area contributed by atoms with Gasteiger partial charge in [-0.25, -0.2) is 9.79 Å². The first-order chi connectivity index (χ1) is 45.2. The number of thiocarbonyl (C=S) groups is 1. The van der Waals surface area contributed by atoms with E-state index in [2.05, 4.69) is 155 Å². The van der Waals surface area contributed by atoms with Crippen LogP contribution in [0.15, 0.2) is 175 Å². The van der Waals surface area contributed by atoms with E-state index in [1.165, 1.54) is 58.0 Å². The summed E-state index contributed by atoms with van der Waals surface area (Å²) in [6.45, 7) is 30.7. The number of phenols is 1. The molecule has 0 atom stereocenters. The second-order valence-corrected chi connectivity index (χ2v) is 26.5. The topological polar surface area (TPSA) is 153 Å². The molecule has 8 aromatic carbocycles. The average molecular weight is 1290 g/mol. The van der Waals surface area contributed by atoms with Crippen LogP contribution >= 0.6 is 12.2 Å². The summed E-state index contributed by atoms with van der Waals surface area (Å²) in [5.41, 5.74) is 15.1. The highest BCUT2D eigenvalue weighted by Gasteiger charge is 2.43. The van der Waals surface area contributed by atoms with E-state index >= 15 is 0 Å². The molecule has 0 aliphatic carbocycles. The minimum Gasteiger partial charge on any atom is -0.508 e. The molecule has 95 heavy (non-hydrogen) atoms. The molecule has 0 saturated carbocycles. The van der Waals surface area contributed by atoms with Gasteiger partial charge in [-0.1, -0.05) is 117 Å². The van der Waals surface area contributed by atoms with Crippen molar-refractivity contribution in [3.05, 3.63) is 229 Å². The van der Waals surface area contributed by atoms with Gasteiger partial charge in [-0.3, -0.25) is 4.79 Å². The van der Waals surface area contributed by atoms with E-state index in [9.17, 15) is 24.6 Å². The summed E-state index contributed by atoms with van der Waals surface area (Å²) in [5, 5.41) is 27.7. The van der Waals surface area contributed by atoms with Gasteiger partial charge in [0.1, 0.15) is 53.5 Å². The molecule has 486 valence electrons. The molecule has 0 bridgehead atoms. The Morgan fingerprint density at radius 3 is 2.20 bits per heavy atom. The predicted molar refractivity (Wildman–Crippen MR) is 390 cm³/mol. The van der Waals surface area contributed by atoms with Crippen LogP contribution in [-0.4, -0.2) is 76.8 Å². The summed E-state index contributed by atoms with van der Waals surface area (Å²) in [4.78, 5) is 44.7. The van der Waals surface area contributed by atoms with Gasteiger partial charge in [0.05, 0.1) is 16.0 Å². The number of rotatable bonds is 17. The number of ether oxygens (including phenoxy) is 3. The number of nitrogens with zero attached hydrogens (tertiary/aromatic N) is 4. The molecule has 3 N–H and O–H groups in total. The van der Waals surface area contributed by atoms with Crippen molar-refractivity contribution in [3.63, 3.8) is 0 Å². The molecular weight excluding hydrogens is 1200 g/mol. The van der Waals surface area contributed by atoms with Crippen molar-refractivity contribution in [1.82, 2.24) is 0 Å². The van der Waals surface area contributed by atoms with Gasteiger partial charge < -0.3 is 44.3 Å². The number of carbonyl (C=O) groups is 3. The van der Waals surface area contributed by atoms with Crippen molar-refractivity contribution >= 4 is 98.4 Å². The number of hydrogen-bond donors (Lipinski definition) is 3. The molecule has 8 aromatic rings. The zero-order valence-corrected chi connectivity index (χ0v) is 57.3. The van der Waals surface area contributed by atoms with E-state index < -0.39 is 5.97 Å². The number of fused-ring (bicyclic) bond motifs is 8. The number of carbonyl (C=O) groups excluding carboxylic acids is 2. The van der Waals surface area contributed by atoms with Gasteiger partial charge in [0.2, 0.25) is 5.69 Å². The molecule has 4 aliphatic heterocycles. The van der Waals surface area contributed by atoms with Gasteiger partial charge in [0, 0.05) is 106 Å². The lowest BCUT2D eigenvalue weighted by atomic mass is 9.81. The van der Waals surface area contributed by atoms with Crippen molar-refractivity contribution in [2.24, 2.45) is 4.99 Å². The Bertz CT molecular complexity index is 4810. The minimum atomic E-state index is -1.06. The molecule has 0 spiro atoms. The van der Waals surface area contributed by atoms with Gasteiger partial charge in [-0.15, -0.1) is 0 Å². The number of ketones is 2. The van der Waals surface area contributed by atoms with Crippen LogP contribution in [0.4, 0.5) is 28.4 Å². The molecule has 0 fully saturated rings. The Hall–Kier alpha value is -10.2. The lowest BCUT2D eigenvalue weighted by molar-refractivity contribution is -0.401. The van der Waals surface area contributed by atoms with E-state index in [-0.39, 0.29) is 40.3 Å². The number of carboxylic acids is 1. The van der Waals surface area contributed by atoms with Crippen molar-refractivity contribution in [1.29, 1.82) is 0 Å². The highest BCUT2D eigenvalue weighted by atomic mass is 32.1. The highest BCUT2D eigenvalue weighted by Crippen LogP contribution is 2.49. The van der Waals surface area contributed by atoms with E-state index in [1.807, 2.05) is 61.6 Å². The number of unbranched alkanes of at least 4 members (excludes halogenated alkanes) is 2. The molecule has 0 amide bonds. The lowest BCUT2D eigenvalue weighted by Crippen LogP contribution is -2.27. The first kappa shape index (κ1) is 67.7. The Kier molecular flexibility index (Phi) is 20.1. The van der Waals surface area contributed by atoms with Gasteiger partial charge in [0.25, 0.3) is 0 Å². The third-order valence-corrected chi connectivity index (χ3v) is 18.0. The van der Waals surface area contributed by atoms with E-state index in [0.717, 1.165) is 81.3 Å². The largest absolute Gasteiger partial charge is 0.508 e. The second kappa shape index (κ2) is 28.2. The van der Waals surface area contributed by atoms with E-state index in [0.29, 0.717) is 56.8 Å². The SMILES string of the molecule is C=c1cc2c(c3cc(OCC(C)=O)ccc13)=Nc1ccc(N(C)CC)cc1O2.C=c1ccc2c(c1)Oc1cc(O)ccc1C=2c1ccc(NC(C)=S)cc1C(=O)O.CC(=O)CCCCCN1C(=CC=CC=CC2=[N+](C)c3ccc(C)cc3C2(C)C)C(C)(C)c2cc(C)ccc21. The quantitative estimate of drug-likeness (QED) is 0.0344. The molecule has 14 heteroatoms. The number of Topliss-reactive ketones (excluding diaryl/α,β-unsaturated/α-hetero) is 2. The molecule has 0 radical (unpaired) electrons. The maximum absolute atomic E-state index is 12.1. The standard InChI is InChI=1S/C35H45N2O.C23H22N2O3.C23H17NO4S/c1-25-18-20-30-28(23-25)34(4,5)32(36(30)8)16-12-9-13-17-33-35(6,7)29-24-26(2)19-21-31(29)37(33)22-14-10-11-15-27(3)38;1-5-25(4)16-6-9-20-21(11-16)28-22-10-14(2)18-8-7-17(27-13-15(3)26)12-19(18)23(22)24-20;1-12-3-6-17-20(9-12)28-21-11-15(25)5-8-18(21)22(17)16-7-4-14(24-13(2)29)10-19(16)23(26)27/h9,12-13,16-21,23-24H,10-11,14-15,22H2,1-8H3;6-12H,2,5,13H2,1,3-4H3;3-11,25H,1H2,2H3,(H,24,29)(H,26,27)/q+1;;. The normalized spacial score (nSPS) is 14.6. The number of allylic oxidation sites excluding steroid dienone is 6. The Balaban J connectivity index is 0.000000158. The molecule has 0 saturated heterocycles. The molecule has 0 aromatic heterocycles. The smallest absolute Gasteiger partial charge is 0.336 e. The summed E-state index contributed by atoms with van der Waals surface area (Å²) in [6.07, 6.45) is 14.9. The lowest BCUT2D eigenvalue weighted by Gasteiger charge is -2.27. The van der Waals surface area contributed by atoms with Crippen LogP contribution in [0.2, 0.25) is 0 Å². The van der Waals surface area contributed by atoms with Gasteiger partial charge >= 0.3 is 5.97 Å². The number of hydrogen-bond acceptors (Lipinski definition) is 11. The number of carboxylic acid groups (broad SMARTS) is 1. The van der Waals surface area contributed by atoms with Crippen LogP contribution in [0.25, 0.3) is 29.5 Å². The first-order valence-electron chi connectivity index (χ1n) is 32.2. The zero-order chi connectivity index (χ0) is 68.2. The number of phenolic OH excluding ortho intramolecular Hbond substituents is 1. The van der Waals surface area contributed by atoms with Crippen LogP contribution < -0.4 is 50.3 Å². The average Bonchev–Trinajstić information content (AvgIpc) is 1.53. The van der Waals surface area contributed by atoms with Crippen LogP contribution in [0.5, 0.6) is 34.5 Å². The van der Waals surface area contributed by atoms with Gasteiger partial charge in [-0.2, -0.15) is 4.58 Å². The van der Waals surface area contributed by atoms with Gasteiger partial charge in [-0.05, 0) is 174 Å². The third kappa shape index (κ3) is 14.6. The van der Waals surface area contributed by atoms with Gasteiger partial charge in [0.15, 0.2) is 23.0 Å². The molecule has 13 nitrogen and oxygen atoms in total. The predicted octanol–water partition coefficient (Wildman–Crippen LogP) is 15.6. The van der Waals surface area contributed by atoms with Crippen LogP contribution in [-0.2, 0) is 20.4 Å². The van der Waals surface area contributed by atoms with Crippen molar-refractivity contribution < 1.29 is 43.4 Å². The summed E-state index contributed by atoms with van der Waals surface area (Å²) >= 11 is 5.06. The summed E-state index contributed by atoms with van der Waals surface area (Å²) < 4.78 is 20.1. The molecule has 4 heterocycles. The number of benzene rings is 8. The maximum Gasteiger partial charge on any atom is 0.336 e. The maximum atomic E-state index is 12.1. The Labute approximate surface area is 562 Å². The molecule has 0 unspecified atom stereocenters. The molecule has 12 rings (SSSR count). The van der Waals surface area contributed by atoms with E-state index in [4.69, 9.17) is 31.4 Å². The Morgan fingerprint density at radius 2 is 1.47 bits per heavy atom.